The van der Waals surface area contributed by atoms with Gasteiger partial charge in [-0.2, -0.15) is 0 Å². The monoisotopic (exact) mass is 349 g/mol. The molecule has 2 aromatic rings. The maximum atomic E-state index is 12.0. The first-order valence-corrected chi connectivity index (χ1v) is 8.24. The van der Waals surface area contributed by atoms with E-state index < -0.39 is 0 Å². The van der Waals surface area contributed by atoms with Crippen molar-refractivity contribution in [2.75, 3.05) is 12.1 Å². The van der Waals surface area contributed by atoms with E-state index in [1.807, 2.05) is 12.1 Å². The second-order valence-electron chi connectivity index (χ2n) is 4.72. The summed E-state index contributed by atoms with van der Waals surface area (Å²) in [7, 11) is 0. The predicted octanol–water partition coefficient (Wildman–Crippen LogP) is 2.67. The number of fused-ring (bicyclic) bond motifs is 1. The molecular weight excluding hydrogens is 334 g/mol. The highest BCUT2D eigenvalue weighted by Gasteiger charge is 2.14. The second-order valence-corrected chi connectivity index (χ2v) is 6.30. The first kappa shape index (κ1) is 15.6. The Morgan fingerprint density at radius 3 is 2.83 bits per heavy atom. The molecule has 1 aromatic carbocycles. The first-order valence-electron chi connectivity index (χ1n) is 7.01. The molecule has 1 aliphatic heterocycles. The van der Waals surface area contributed by atoms with Crippen molar-refractivity contribution in [2.24, 2.45) is 0 Å². The van der Waals surface area contributed by atoms with E-state index in [1.54, 1.807) is 18.2 Å². The maximum Gasteiger partial charge on any atom is 0.279 e. The van der Waals surface area contributed by atoms with Gasteiger partial charge in [-0.05, 0) is 42.9 Å². The van der Waals surface area contributed by atoms with Gasteiger partial charge in [0.05, 0.1) is 4.88 Å². The van der Waals surface area contributed by atoms with Gasteiger partial charge in [0.25, 0.3) is 5.91 Å². The Kier molecular flexibility index (Phi) is 4.63. The molecule has 1 amide bonds. The highest BCUT2D eigenvalue weighted by atomic mass is 32.1. The van der Waals surface area contributed by atoms with Gasteiger partial charge in [0.2, 0.25) is 6.79 Å². The van der Waals surface area contributed by atoms with Crippen LogP contribution in [-0.4, -0.2) is 17.8 Å². The van der Waals surface area contributed by atoms with Crippen LogP contribution in [0.15, 0.2) is 30.3 Å². The number of thiophene rings is 1. The average molecular weight is 349 g/mol. The summed E-state index contributed by atoms with van der Waals surface area (Å²) in [6, 6.07) is 9.14. The number of carbonyl (C=O) groups excluding carboxylic acids is 1. The highest BCUT2D eigenvalue weighted by Crippen LogP contribution is 2.34. The molecule has 0 unspecified atom stereocenters. The van der Waals surface area contributed by atoms with Gasteiger partial charge in [-0.15, -0.1) is 11.3 Å². The molecule has 0 saturated heterocycles. The standard InChI is InChI=1S/C15H15N3O3S2/c1-2-10-4-6-13(23-10)14(19)17-18-15(22)16-9-3-5-11-12(7-9)21-8-20-11/h3-7H,2,8H2,1H3,(H,17,19)(H2,16,18,22). The number of benzene rings is 1. The Balaban J connectivity index is 1.52. The largest absolute Gasteiger partial charge is 0.454 e. The Bertz CT molecular complexity index is 745. The quantitative estimate of drug-likeness (QED) is 0.585. The molecule has 6 nitrogen and oxygen atoms in total. The number of hydrogen-bond acceptors (Lipinski definition) is 5. The lowest BCUT2D eigenvalue weighted by Gasteiger charge is -2.11. The number of rotatable bonds is 3. The van der Waals surface area contributed by atoms with E-state index in [9.17, 15) is 4.79 Å². The van der Waals surface area contributed by atoms with Crippen molar-refractivity contribution in [3.63, 3.8) is 0 Å². The molecule has 0 saturated carbocycles. The minimum Gasteiger partial charge on any atom is -0.454 e. The summed E-state index contributed by atoms with van der Waals surface area (Å²) in [5.41, 5.74) is 5.99. The van der Waals surface area contributed by atoms with Crippen LogP contribution in [-0.2, 0) is 6.42 Å². The molecule has 8 heteroatoms. The summed E-state index contributed by atoms with van der Waals surface area (Å²) in [5.74, 6) is 1.14. The van der Waals surface area contributed by atoms with Crippen LogP contribution in [0.25, 0.3) is 0 Å². The number of anilines is 1. The second kappa shape index (κ2) is 6.84. The van der Waals surface area contributed by atoms with Crippen molar-refractivity contribution < 1.29 is 14.3 Å². The number of hydrogen-bond donors (Lipinski definition) is 3. The van der Waals surface area contributed by atoms with E-state index in [0.29, 0.717) is 16.4 Å². The summed E-state index contributed by atoms with van der Waals surface area (Å²) in [6.45, 7) is 2.27. The Morgan fingerprint density at radius 1 is 1.22 bits per heavy atom. The van der Waals surface area contributed by atoms with Gasteiger partial charge >= 0.3 is 0 Å². The van der Waals surface area contributed by atoms with Crippen molar-refractivity contribution in [1.29, 1.82) is 0 Å². The van der Waals surface area contributed by atoms with Gasteiger partial charge in [-0.3, -0.25) is 15.6 Å². The number of amides is 1. The van der Waals surface area contributed by atoms with Gasteiger partial charge < -0.3 is 14.8 Å². The molecule has 0 radical (unpaired) electrons. The van der Waals surface area contributed by atoms with E-state index >= 15 is 0 Å². The van der Waals surface area contributed by atoms with Gasteiger partial charge in [0.15, 0.2) is 16.6 Å². The van der Waals surface area contributed by atoms with Gasteiger partial charge in [0.1, 0.15) is 0 Å². The van der Waals surface area contributed by atoms with E-state index in [-0.39, 0.29) is 17.8 Å². The molecular formula is C15H15N3O3S2. The fourth-order valence-corrected chi connectivity index (χ4v) is 3.01. The Labute approximate surface area is 142 Å². The minimum atomic E-state index is -0.218. The lowest BCUT2D eigenvalue weighted by Crippen LogP contribution is -2.43. The lowest BCUT2D eigenvalue weighted by molar-refractivity contribution is 0.0948. The summed E-state index contributed by atoms with van der Waals surface area (Å²) >= 11 is 6.62. The number of hydrazine groups is 1. The van der Waals surface area contributed by atoms with Crippen LogP contribution in [0, 0.1) is 0 Å². The van der Waals surface area contributed by atoms with E-state index in [2.05, 4.69) is 23.1 Å². The molecule has 2 heterocycles. The fourth-order valence-electron chi connectivity index (χ4n) is 2.00. The number of carbonyl (C=O) groups is 1. The SMILES string of the molecule is CCc1ccc(C(=O)NNC(=S)Nc2ccc3c(c2)OCO3)s1. The van der Waals surface area contributed by atoms with Gasteiger partial charge in [0, 0.05) is 16.6 Å². The zero-order valence-electron chi connectivity index (χ0n) is 12.3. The molecule has 120 valence electrons. The smallest absolute Gasteiger partial charge is 0.279 e. The minimum absolute atomic E-state index is 0.218. The van der Waals surface area contributed by atoms with Crippen molar-refractivity contribution in [1.82, 2.24) is 10.9 Å². The molecule has 0 bridgehead atoms. The molecule has 3 rings (SSSR count). The normalized spacial score (nSPS) is 11.9. The fraction of sp³-hybridized carbons (Fsp3) is 0.200. The van der Waals surface area contributed by atoms with Crippen molar-refractivity contribution in [3.05, 3.63) is 40.1 Å². The molecule has 0 aliphatic carbocycles. The molecule has 0 atom stereocenters. The third-order valence-electron chi connectivity index (χ3n) is 3.15. The van der Waals surface area contributed by atoms with Crippen molar-refractivity contribution in [3.8, 4) is 11.5 Å². The number of thiocarbonyl (C=S) groups is 1. The van der Waals surface area contributed by atoms with Gasteiger partial charge in [-0.1, -0.05) is 6.92 Å². The van der Waals surface area contributed by atoms with Crippen molar-refractivity contribution >= 4 is 40.3 Å². The molecule has 0 fully saturated rings. The average Bonchev–Trinajstić information content (AvgIpc) is 3.20. The summed E-state index contributed by atoms with van der Waals surface area (Å²) in [5, 5.41) is 3.25. The van der Waals surface area contributed by atoms with Crippen LogP contribution >= 0.6 is 23.6 Å². The zero-order chi connectivity index (χ0) is 16.2. The maximum absolute atomic E-state index is 12.0. The third kappa shape index (κ3) is 3.72. The molecule has 23 heavy (non-hydrogen) atoms. The van der Waals surface area contributed by atoms with E-state index in [1.165, 1.54) is 11.3 Å². The van der Waals surface area contributed by atoms with Crippen LogP contribution in [0.3, 0.4) is 0 Å². The van der Waals surface area contributed by atoms with Crippen LogP contribution in [0.2, 0.25) is 0 Å². The highest BCUT2D eigenvalue weighted by molar-refractivity contribution is 7.80. The summed E-state index contributed by atoms with van der Waals surface area (Å²) in [4.78, 5) is 13.8. The molecule has 0 spiro atoms. The lowest BCUT2D eigenvalue weighted by atomic mass is 10.3. The molecule has 1 aliphatic rings. The van der Waals surface area contributed by atoms with Crippen LogP contribution < -0.4 is 25.6 Å². The summed E-state index contributed by atoms with van der Waals surface area (Å²) < 4.78 is 10.5. The summed E-state index contributed by atoms with van der Waals surface area (Å²) in [6.07, 6.45) is 0.912. The molecule has 3 N–H and O–H groups in total. The van der Waals surface area contributed by atoms with Gasteiger partial charge in [-0.25, -0.2) is 0 Å². The number of ether oxygens (including phenoxy) is 2. The predicted molar refractivity (Wildman–Crippen MR) is 93.1 cm³/mol. The van der Waals surface area contributed by atoms with Crippen molar-refractivity contribution in [2.45, 2.75) is 13.3 Å². The number of aryl methyl sites for hydroxylation is 1. The zero-order valence-corrected chi connectivity index (χ0v) is 14.0. The topological polar surface area (TPSA) is 71.6 Å². The third-order valence-corrected chi connectivity index (χ3v) is 4.59. The molecule has 1 aromatic heterocycles. The number of nitrogens with one attached hydrogen (secondary N) is 3. The van der Waals surface area contributed by atoms with E-state index in [0.717, 1.165) is 17.0 Å². The Hall–Kier alpha value is -2.32. The Morgan fingerprint density at radius 2 is 2.04 bits per heavy atom. The van der Waals surface area contributed by atoms with Crippen LogP contribution in [0.1, 0.15) is 21.5 Å². The first-order chi connectivity index (χ1) is 11.2. The van der Waals surface area contributed by atoms with Crippen LogP contribution in [0.5, 0.6) is 11.5 Å². The van der Waals surface area contributed by atoms with Crippen LogP contribution in [0.4, 0.5) is 5.69 Å². The van der Waals surface area contributed by atoms with E-state index in [4.69, 9.17) is 21.7 Å².